The highest BCUT2D eigenvalue weighted by Crippen LogP contribution is 2.32. The summed E-state index contributed by atoms with van der Waals surface area (Å²) in [6.07, 6.45) is 0. The summed E-state index contributed by atoms with van der Waals surface area (Å²) in [6, 6.07) is 13.9. The predicted octanol–water partition coefficient (Wildman–Crippen LogP) is 3.50. The molecule has 0 unspecified atom stereocenters. The maximum atomic E-state index is 12.1. The third-order valence-electron chi connectivity index (χ3n) is 4.41. The Kier molecular flexibility index (Phi) is 4.83. The van der Waals surface area contributed by atoms with Crippen molar-refractivity contribution in [2.24, 2.45) is 0 Å². The monoisotopic (exact) mass is 340 g/mol. The van der Waals surface area contributed by atoms with Crippen molar-refractivity contribution in [2.75, 3.05) is 13.3 Å². The van der Waals surface area contributed by atoms with Gasteiger partial charge in [0.1, 0.15) is 0 Å². The Morgan fingerprint density at radius 1 is 1.04 bits per heavy atom. The fourth-order valence-corrected chi connectivity index (χ4v) is 2.70. The third kappa shape index (κ3) is 4.24. The van der Waals surface area contributed by atoms with Crippen LogP contribution in [0.3, 0.4) is 0 Å². The summed E-state index contributed by atoms with van der Waals surface area (Å²) in [4.78, 5) is 12.1. The zero-order valence-corrected chi connectivity index (χ0v) is 14.9. The van der Waals surface area contributed by atoms with Crippen LogP contribution in [0.4, 0.5) is 4.79 Å². The van der Waals surface area contributed by atoms with E-state index in [0.717, 1.165) is 17.1 Å². The van der Waals surface area contributed by atoms with Gasteiger partial charge in [0, 0.05) is 18.5 Å². The lowest BCUT2D eigenvalue weighted by Crippen LogP contribution is -2.42. The van der Waals surface area contributed by atoms with Crippen LogP contribution in [-0.2, 0) is 12.0 Å². The molecule has 0 radical (unpaired) electrons. The van der Waals surface area contributed by atoms with E-state index in [0.29, 0.717) is 13.1 Å². The van der Waals surface area contributed by atoms with E-state index in [9.17, 15) is 4.79 Å². The van der Waals surface area contributed by atoms with Crippen molar-refractivity contribution in [1.82, 2.24) is 10.6 Å². The van der Waals surface area contributed by atoms with E-state index < -0.39 is 0 Å². The quantitative estimate of drug-likeness (QED) is 0.876. The largest absolute Gasteiger partial charge is 0.454 e. The molecule has 0 aromatic heterocycles. The molecule has 3 rings (SSSR count). The lowest BCUT2D eigenvalue weighted by atomic mass is 9.84. The van der Waals surface area contributed by atoms with Crippen LogP contribution in [0.25, 0.3) is 0 Å². The molecular weight excluding hydrogens is 316 g/mol. The highest BCUT2D eigenvalue weighted by molar-refractivity contribution is 5.74. The maximum absolute atomic E-state index is 12.1. The minimum absolute atomic E-state index is 0.135. The van der Waals surface area contributed by atoms with Gasteiger partial charge >= 0.3 is 6.03 Å². The van der Waals surface area contributed by atoms with Crippen LogP contribution in [0.15, 0.2) is 42.5 Å². The highest BCUT2D eigenvalue weighted by Gasteiger charge is 2.21. The first-order valence-corrected chi connectivity index (χ1v) is 8.41. The Morgan fingerprint density at radius 2 is 1.76 bits per heavy atom. The molecule has 0 saturated carbocycles. The molecule has 0 fully saturated rings. The van der Waals surface area contributed by atoms with E-state index in [1.165, 1.54) is 11.1 Å². The van der Waals surface area contributed by atoms with Crippen LogP contribution in [0.2, 0.25) is 0 Å². The van der Waals surface area contributed by atoms with Crippen molar-refractivity contribution in [3.8, 4) is 11.5 Å². The lowest BCUT2D eigenvalue weighted by molar-refractivity contribution is 0.174. The fraction of sp³-hybridized carbons (Fsp3) is 0.350. The number of hydrogen-bond acceptors (Lipinski definition) is 3. The number of benzene rings is 2. The van der Waals surface area contributed by atoms with Gasteiger partial charge in [-0.15, -0.1) is 0 Å². The van der Waals surface area contributed by atoms with Gasteiger partial charge in [0.2, 0.25) is 6.79 Å². The van der Waals surface area contributed by atoms with E-state index in [-0.39, 0.29) is 18.2 Å². The van der Waals surface area contributed by atoms with Gasteiger partial charge in [0.25, 0.3) is 0 Å². The normalized spacial score (nSPS) is 12.8. The molecule has 25 heavy (non-hydrogen) atoms. The van der Waals surface area contributed by atoms with Crippen molar-refractivity contribution >= 4 is 6.03 Å². The summed E-state index contributed by atoms with van der Waals surface area (Å²) in [5, 5.41) is 5.83. The second-order valence-corrected chi connectivity index (χ2v) is 6.97. The van der Waals surface area contributed by atoms with Gasteiger partial charge in [-0.25, -0.2) is 4.79 Å². The van der Waals surface area contributed by atoms with Gasteiger partial charge in [-0.05, 0) is 30.2 Å². The first-order chi connectivity index (χ1) is 11.9. The molecule has 1 heterocycles. The molecule has 0 bridgehead atoms. The van der Waals surface area contributed by atoms with Gasteiger partial charge < -0.3 is 20.1 Å². The molecule has 0 spiro atoms. The summed E-state index contributed by atoms with van der Waals surface area (Å²) in [7, 11) is 0. The van der Waals surface area contributed by atoms with Gasteiger partial charge in [-0.1, -0.05) is 49.7 Å². The highest BCUT2D eigenvalue weighted by atomic mass is 16.7. The number of ether oxygens (including phenoxy) is 2. The molecule has 0 saturated heterocycles. The Balaban J connectivity index is 1.50. The minimum Gasteiger partial charge on any atom is -0.454 e. The van der Waals surface area contributed by atoms with Gasteiger partial charge in [0.05, 0.1) is 0 Å². The van der Waals surface area contributed by atoms with E-state index >= 15 is 0 Å². The van der Waals surface area contributed by atoms with E-state index in [1.54, 1.807) is 0 Å². The average Bonchev–Trinajstić information content (AvgIpc) is 3.06. The number of fused-ring (bicyclic) bond motifs is 1. The average molecular weight is 340 g/mol. The van der Waals surface area contributed by atoms with E-state index in [4.69, 9.17) is 9.47 Å². The van der Waals surface area contributed by atoms with Gasteiger partial charge in [-0.2, -0.15) is 0 Å². The van der Waals surface area contributed by atoms with Crippen molar-refractivity contribution < 1.29 is 14.3 Å². The third-order valence-corrected chi connectivity index (χ3v) is 4.41. The van der Waals surface area contributed by atoms with Crippen LogP contribution in [-0.4, -0.2) is 19.4 Å². The smallest absolute Gasteiger partial charge is 0.315 e. The topological polar surface area (TPSA) is 59.6 Å². The van der Waals surface area contributed by atoms with Crippen LogP contribution in [0.5, 0.6) is 11.5 Å². The second kappa shape index (κ2) is 7.05. The molecule has 5 nitrogen and oxygen atoms in total. The number of urea groups is 1. The summed E-state index contributed by atoms with van der Waals surface area (Å²) in [5.41, 5.74) is 3.27. The standard InChI is InChI=1S/C20H24N2O3/c1-14-4-7-16(8-5-14)20(2,3)12-22-19(23)21-11-15-6-9-17-18(10-15)25-13-24-17/h4-10H,11-13H2,1-3H3,(H2,21,22,23). The van der Waals surface area contributed by atoms with Crippen molar-refractivity contribution in [1.29, 1.82) is 0 Å². The summed E-state index contributed by atoms with van der Waals surface area (Å²) >= 11 is 0. The number of hydrogen-bond donors (Lipinski definition) is 2. The molecule has 0 aliphatic carbocycles. The molecule has 2 aromatic rings. The Morgan fingerprint density at radius 3 is 2.52 bits per heavy atom. The maximum Gasteiger partial charge on any atom is 0.315 e. The molecule has 132 valence electrons. The first-order valence-electron chi connectivity index (χ1n) is 8.41. The van der Waals surface area contributed by atoms with Crippen LogP contribution < -0.4 is 20.1 Å². The number of rotatable bonds is 5. The summed E-state index contributed by atoms with van der Waals surface area (Å²) in [5.74, 6) is 1.47. The predicted molar refractivity (Wildman–Crippen MR) is 97.0 cm³/mol. The number of nitrogens with one attached hydrogen (secondary N) is 2. The van der Waals surface area contributed by atoms with Crippen molar-refractivity contribution in [3.63, 3.8) is 0 Å². The second-order valence-electron chi connectivity index (χ2n) is 6.97. The van der Waals surface area contributed by atoms with Crippen molar-refractivity contribution in [2.45, 2.75) is 32.7 Å². The number of amides is 2. The molecule has 2 aromatic carbocycles. The number of carbonyl (C=O) groups is 1. The Bertz CT molecular complexity index is 754. The van der Waals surface area contributed by atoms with Crippen LogP contribution in [0, 0.1) is 6.92 Å². The minimum atomic E-state index is -0.183. The van der Waals surface area contributed by atoms with Gasteiger partial charge in [-0.3, -0.25) is 0 Å². The number of carbonyl (C=O) groups excluding carboxylic acids is 1. The Hall–Kier alpha value is -2.69. The molecule has 0 atom stereocenters. The first kappa shape index (κ1) is 17.1. The molecule has 1 aliphatic rings. The van der Waals surface area contributed by atoms with Crippen molar-refractivity contribution in [3.05, 3.63) is 59.2 Å². The molecule has 2 amide bonds. The SMILES string of the molecule is Cc1ccc(C(C)(C)CNC(=O)NCc2ccc3c(c2)OCO3)cc1. The molecule has 5 heteroatoms. The van der Waals surface area contributed by atoms with E-state index in [1.807, 2.05) is 18.2 Å². The molecule has 1 aliphatic heterocycles. The van der Waals surface area contributed by atoms with Crippen LogP contribution in [0.1, 0.15) is 30.5 Å². The number of aryl methyl sites for hydroxylation is 1. The summed E-state index contributed by atoms with van der Waals surface area (Å²) in [6.45, 7) is 7.56. The zero-order chi connectivity index (χ0) is 17.9. The molecular formula is C20H24N2O3. The fourth-order valence-electron chi connectivity index (χ4n) is 2.70. The van der Waals surface area contributed by atoms with Gasteiger partial charge in [0.15, 0.2) is 11.5 Å². The zero-order valence-electron chi connectivity index (χ0n) is 14.9. The Labute approximate surface area is 148 Å². The molecule has 2 N–H and O–H groups in total. The van der Waals surface area contributed by atoms with Crippen LogP contribution >= 0.6 is 0 Å². The lowest BCUT2D eigenvalue weighted by Gasteiger charge is -2.26. The summed E-state index contributed by atoms with van der Waals surface area (Å²) < 4.78 is 10.6. The van der Waals surface area contributed by atoms with E-state index in [2.05, 4.69) is 55.7 Å².